The second-order valence-electron chi connectivity index (χ2n) is 10.8. The molecule has 1 fully saturated rings. The number of aromatic nitrogens is 2. The largest absolute Gasteiger partial charge is 0.337 e. The van der Waals surface area contributed by atoms with Gasteiger partial charge >= 0.3 is 0 Å². The molecule has 3 aromatic carbocycles. The third-order valence-electron chi connectivity index (χ3n) is 8.05. The maximum atomic E-state index is 14.0. The first-order valence-electron chi connectivity index (χ1n) is 13.6. The van der Waals surface area contributed by atoms with E-state index in [4.69, 9.17) is 11.6 Å². The first-order chi connectivity index (χ1) is 19.7. The minimum atomic E-state index is -3.96. The van der Waals surface area contributed by atoms with E-state index in [-0.39, 0.29) is 29.2 Å². The van der Waals surface area contributed by atoms with E-state index in [1.165, 1.54) is 18.2 Å². The number of aryl methyl sites for hydroxylation is 2. The molecular formula is C31H30ClFN4O3S. The molecular weight excluding hydrogens is 563 g/mol. The zero-order chi connectivity index (χ0) is 28.7. The third-order valence-corrected chi connectivity index (χ3v) is 9.77. The number of sulfonamides is 1. The Balaban J connectivity index is 1.31. The first-order valence-corrected chi connectivity index (χ1v) is 15.5. The zero-order valence-corrected chi connectivity index (χ0v) is 24.1. The molecule has 1 heterocycles. The molecule has 1 aromatic heterocycles. The van der Waals surface area contributed by atoms with Crippen LogP contribution in [0.25, 0.3) is 0 Å². The number of rotatable bonds is 8. The molecule has 0 bridgehead atoms. The zero-order valence-electron chi connectivity index (χ0n) is 22.5. The van der Waals surface area contributed by atoms with E-state index in [0.29, 0.717) is 17.1 Å². The Morgan fingerprint density at radius 1 is 1.15 bits per heavy atom. The molecule has 0 aliphatic heterocycles. The fourth-order valence-corrected chi connectivity index (χ4v) is 7.11. The highest BCUT2D eigenvalue weighted by Crippen LogP contribution is 2.49. The number of carbonyl (C=O) groups excluding carboxylic acids is 1. The van der Waals surface area contributed by atoms with Gasteiger partial charge in [0.15, 0.2) is 0 Å². The highest BCUT2D eigenvalue weighted by atomic mass is 35.5. The standard InChI is InChI=1S/C31H30ClFN4O3S/c1-36-15-14-34-30(36)19-37(31(38)28-18-26(28)21-8-11-22(32)12-9-21)24-13-10-20-4-2-7-29(27(20)17-24)35-41(39,40)25-6-3-5-23(33)16-25/h3,5-6,8-17,26,28-29,35H,2,4,7,18-19H2,1H3/t26-,28+,29-/m1/s1. The van der Waals surface area contributed by atoms with Crippen molar-refractivity contribution >= 4 is 33.2 Å². The summed E-state index contributed by atoms with van der Waals surface area (Å²) in [6.07, 6.45) is 6.51. The summed E-state index contributed by atoms with van der Waals surface area (Å²) in [5, 5.41) is 0.658. The van der Waals surface area contributed by atoms with Crippen LogP contribution in [0.2, 0.25) is 5.02 Å². The number of fused-ring (bicyclic) bond motifs is 1. The predicted molar refractivity (Wildman–Crippen MR) is 156 cm³/mol. The van der Waals surface area contributed by atoms with Crippen LogP contribution in [0.15, 0.2) is 84.0 Å². The molecule has 3 atom stereocenters. The first kappa shape index (κ1) is 27.6. The molecule has 212 valence electrons. The van der Waals surface area contributed by atoms with Crippen molar-refractivity contribution in [1.82, 2.24) is 14.3 Å². The van der Waals surface area contributed by atoms with Crippen LogP contribution >= 0.6 is 11.6 Å². The van der Waals surface area contributed by atoms with Crippen molar-refractivity contribution in [3.63, 3.8) is 0 Å². The Bertz CT molecular complexity index is 1710. The van der Waals surface area contributed by atoms with Gasteiger partial charge in [-0.3, -0.25) is 4.79 Å². The predicted octanol–water partition coefficient (Wildman–Crippen LogP) is 5.91. The van der Waals surface area contributed by atoms with Crippen LogP contribution in [0.5, 0.6) is 0 Å². The van der Waals surface area contributed by atoms with Gasteiger partial charge in [-0.15, -0.1) is 0 Å². The van der Waals surface area contributed by atoms with Crippen molar-refractivity contribution in [2.75, 3.05) is 4.90 Å². The van der Waals surface area contributed by atoms with Crippen molar-refractivity contribution < 1.29 is 17.6 Å². The van der Waals surface area contributed by atoms with Crippen LogP contribution in [-0.4, -0.2) is 23.9 Å². The number of nitrogens with zero attached hydrogens (tertiary/aromatic N) is 3. The molecule has 1 N–H and O–H groups in total. The van der Waals surface area contributed by atoms with E-state index in [2.05, 4.69) is 9.71 Å². The average Bonchev–Trinajstić information content (AvgIpc) is 3.66. The van der Waals surface area contributed by atoms with Gasteiger partial charge in [-0.05, 0) is 90.8 Å². The van der Waals surface area contributed by atoms with Crippen LogP contribution in [0.3, 0.4) is 0 Å². The molecule has 41 heavy (non-hydrogen) atoms. The number of imidazole rings is 1. The van der Waals surface area contributed by atoms with E-state index in [0.717, 1.165) is 47.8 Å². The average molecular weight is 593 g/mol. The monoisotopic (exact) mass is 592 g/mol. The summed E-state index contributed by atoms with van der Waals surface area (Å²) in [5.41, 5.74) is 3.63. The summed E-state index contributed by atoms with van der Waals surface area (Å²) in [5.74, 6) is 0.0743. The minimum Gasteiger partial charge on any atom is -0.337 e. The van der Waals surface area contributed by atoms with Gasteiger partial charge in [0.25, 0.3) is 0 Å². The number of halogens is 2. The lowest BCUT2D eigenvalue weighted by Crippen LogP contribution is -2.34. The number of carbonyl (C=O) groups is 1. The summed E-state index contributed by atoms with van der Waals surface area (Å²) in [6, 6.07) is 18.0. The molecule has 0 spiro atoms. The van der Waals surface area contributed by atoms with Crippen molar-refractivity contribution in [1.29, 1.82) is 0 Å². The molecule has 0 unspecified atom stereocenters. The van der Waals surface area contributed by atoms with E-state index < -0.39 is 21.9 Å². The van der Waals surface area contributed by atoms with E-state index in [1.807, 2.05) is 60.3 Å². The number of amides is 1. The molecule has 6 rings (SSSR count). The molecule has 4 aromatic rings. The SMILES string of the molecule is Cn1ccnc1CN(C(=O)[C@H]1C[C@@H]1c1ccc(Cl)cc1)c1ccc2c(c1)[C@H](NS(=O)(=O)c1cccc(F)c1)CCC2. The number of hydrogen-bond acceptors (Lipinski definition) is 4. The van der Waals surface area contributed by atoms with Crippen LogP contribution in [0.4, 0.5) is 10.1 Å². The Hall–Kier alpha value is -3.53. The molecule has 10 heteroatoms. The second-order valence-corrected chi connectivity index (χ2v) is 12.9. The van der Waals surface area contributed by atoms with Crippen LogP contribution in [0, 0.1) is 11.7 Å². The number of nitrogens with one attached hydrogen (secondary N) is 1. The quantitative estimate of drug-likeness (QED) is 0.276. The summed E-state index contributed by atoms with van der Waals surface area (Å²) < 4.78 is 44.8. The minimum absolute atomic E-state index is 0.000556. The van der Waals surface area contributed by atoms with Gasteiger partial charge in [0.05, 0.1) is 11.4 Å². The van der Waals surface area contributed by atoms with Crippen molar-refractivity contribution in [2.24, 2.45) is 13.0 Å². The number of benzene rings is 3. The maximum Gasteiger partial charge on any atom is 0.241 e. The highest BCUT2D eigenvalue weighted by molar-refractivity contribution is 7.89. The lowest BCUT2D eigenvalue weighted by Gasteiger charge is -2.29. The summed E-state index contributed by atoms with van der Waals surface area (Å²) in [7, 11) is -2.07. The van der Waals surface area contributed by atoms with E-state index in [1.54, 1.807) is 11.1 Å². The molecule has 7 nitrogen and oxygen atoms in total. The van der Waals surface area contributed by atoms with E-state index in [9.17, 15) is 17.6 Å². The van der Waals surface area contributed by atoms with E-state index >= 15 is 0 Å². The Morgan fingerprint density at radius 2 is 1.95 bits per heavy atom. The Kier molecular flexibility index (Phi) is 7.44. The summed E-state index contributed by atoms with van der Waals surface area (Å²) >= 11 is 6.07. The van der Waals surface area contributed by atoms with Crippen LogP contribution in [0.1, 0.15) is 53.7 Å². The molecule has 2 aliphatic rings. The van der Waals surface area contributed by atoms with Crippen molar-refractivity contribution in [3.8, 4) is 0 Å². The number of hydrogen-bond donors (Lipinski definition) is 1. The van der Waals surface area contributed by atoms with Gasteiger partial charge in [0.1, 0.15) is 11.6 Å². The topological polar surface area (TPSA) is 84.3 Å². The molecule has 0 radical (unpaired) electrons. The Morgan fingerprint density at radius 3 is 2.68 bits per heavy atom. The fraction of sp³-hybridized carbons (Fsp3) is 0.290. The second kappa shape index (κ2) is 11.0. The van der Waals surface area contributed by atoms with Gasteiger partial charge in [0.2, 0.25) is 15.9 Å². The third kappa shape index (κ3) is 5.80. The van der Waals surface area contributed by atoms with Gasteiger partial charge in [-0.25, -0.2) is 22.5 Å². The van der Waals surface area contributed by atoms with Crippen molar-refractivity contribution in [2.45, 2.75) is 49.1 Å². The van der Waals surface area contributed by atoms with Gasteiger partial charge < -0.3 is 9.47 Å². The van der Waals surface area contributed by atoms with Crippen molar-refractivity contribution in [3.05, 3.63) is 112 Å². The normalized spacial score (nSPS) is 19.9. The van der Waals surface area contributed by atoms with Gasteiger partial charge in [0, 0.05) is 42.1 Å². The Labute approximate surface area is 244 Å². The summed E-state index contributed by atoms with van der Waals surface area (Å²) in [6.45, 7) is 0.282. The molecule has 0 saturated heterocycles. The smallest absolute Gasteiger partial charge is 0.241 e. The summed E-state index contributed by atoms with van der Waals surface area (Å²) in [4.78, 5) is 20.1. The fourth-order valence-electron chi connectivity index (χ4n) is 5.70. The van der Waals surface area contributed by atoms with Gasteiger partial charge in [-0.1, -0.05) is 35.9 Å². The van der Waals surface area contributed by atoms with Crippen LogP contribution < -0.4 is 9.62 Å². The lowest BCUT2D eigenvalue weighted by molar-refractivity contribution is -0.120. The molecule has 1 amide bonds. The van der Waals surface area contributed by atoms with Crippen LogP contribution in [-0.2, 0) is 34.8 Å². The molecule has 1 saturated carbocycles. The lowest BCUT2D eigenvalue weighted by atomic mass is 9.87. The van der Waals surface area contributed by atoms with Gasteiger partial charge in [-0.2, -0.15) is 0 Å². The maximum absolute atomic E-state index is 14.0. The number of anilines is 1. The highest BCUT2D eigenvalue weighted by Gasteiger charge is 2.46. The molecule has 2 aliphatic carbocycles.